The molecule has 2 aromatic carbocycles. The van der Waals surface area contributed by atoms with Gasteiger partial charge in [-0.3, -0.25) is 9.59 Å². The topological polar surface area (TPSA) is 210 Å². The van der Waals surface area contributed by atoms with Gasteiger partial charge in [0.25, 0.3) is 0 Å². The van der Waals surface area contributed by atoms with Gasteiger partial charge in [0.15, 0.2) is 11.6 Å². The maximum Gasteiger partial charge on any atom is 0.328 e. The number of nitrogens with one attached hydrogen (secondary N) is 2. The third kappa shape index (κ3) is 23.3. The van der Waals surface area contributed by atoms with Gasteiger partial charge in [-0.05, 0) is 75.2 Å². The van der Waals surface area contributed by atoms with Crippen molar-refractivity contribution >= 4 is 23.5 Å². The molecule has 2 unspecified atom stereocenters. The molecule has 0 aliphatic heterocycles. The van der Waals surface area contributed by atoms with Crippen molar-refractivity contribution in [2.24, 2.45) is 0 Å². The predicted molar refractivity (Wildman–Crippen MR) is 197 cm³/mol. The van der Waals surface area contributed by atoms with E-state index in [1.807, 2.05) is 41.5 Å². The molecule has 0 amide bonds. The Bertz CT molecular complexity index is 1290. The number of aliphatic hydroxyl groups is 2. The van der Waals surface area contributed by atoms with Crippen LogP contribution in [0.1, 0.15) is 87.2 Å². The zero-order chi connectivity index (χ0) is 39.6. The van der Waals surface area contributed by atoms with Gasteiger partial charge in [-0.1, -0.05) is 27.7 Å². The summed E-state index contributed by atoms with van der Waals surface area (Å²) in [6.45, 7) is 18.3. The quantitative estimate of drug-likeness (QED) is 0.0745. The molecule has 2 rings (SSSR count). The number of carboxylic acids is 2. The molecular weight excluding hydrogens is 676 g/mol. The second kappa shape index (κ2) is 27.5. The Hall–Kier alpha value is -4.18. The second-order valence-electron chi connectivity index (χ2n) is 12.1. The van der Waals surface area contributed by atoms with Gasteiger partial charge >= 0.3 is 11.9 Å². The second-order valence-corrected chi connectivity index (χ2v) is 12.1. The third-order valence-corrected chi connectivity index (χ3v) is 6.61. The molecule has 0 aromatic heterocycles. The smallest absolute Gasteiger partial charge is 0.328 e. The van der Waals surface area contributed by atoms with Crippen molar-refractivity contribution in [3.8, 4) is 11.5 Å². The Morgan fingerprint density at radius 3 is 1.27 bits per heavy atom. The molecule has 2 aromatic rings. The highest BCUT2D eigenvalue weighted by molar-refractivity contribution is 5.96. The van der Waals surface area contributed by atoms with Gasteiger partial charge in [0.1, 0.15) is 36.9 Å². The summed E-state index contributed by atoms with van der Waals surface area (Å²) in [5.41, 5.74) is 2.90. The van der Waals surface area contributed by atoms with Crippen LogP contribution in [0.25, 0.3) is 0 Å². The molecule has 0 aliphatic carbocycles. The number of Topliss-reactive ketones (excluding diaryl/α,β-unsaturated/α-hetero) is 2. The van der Waals surface area contributed by atoms with E-state index in [0.717, 1.165) is 11.1 Å². The lowest BCUT2D eigenvalue weighted by molar-refractivity contribution is -0.134. The number of hydrogen-bond donors (Lipinski definition) is 6. The Balaban J connectivity index is 0.000000829. The van der Waals surface area contributed by atoms with Crippen molar-refractivity contribution in [2.75, 3.05) is 39.5 Å². The Morgan fingerprint density at radius 1 is 0.654 bits per heavy atom. The summed E-state index contributed by atoms with van der Waals surface area (Å²) in [5, 5.41) is 41.6. The van der Waals surface area contributed by atoms with Gasteiger partial charge in [0.2, 0.25) is 0 Å². The number of aliphatic carboxylic acids is 2. The number of carbonyl (C=O) groups excluding carboxylic acids is 2. The molecule has 14 heteroatoms. The number of rotatable bonds is 22. The van der Waals surface area contributed by atoms with E-state index in [1.165, 1.54) is 13.8 Å². The van der Waals surface area contributed by atoms with E-state index in [2.05, 4.69) is 10.6 Å². The van der Waals surface area contributed by atoms with Crippen LogP contribution < -0.4 is 20.1 Å². The van der Waals surface area contributed by atoms with Crippen molar-refractivity contribution < 1.29 is 58.6 Å². The van der Waals surface area contributed by atoms with Gasteiger partial charge in [0.05, 0.1) is 13.2 Å². The monoisotopic (exact) mass is 734 g/mol. The molecule has 14 nitrogen and oxygen atoms in total. The normalized spacial score (nSPS) is 12.0. The summed E-state index contributed by atoms with van der Waals surface area (Å²) in [5.74, 6) is -1.25. The summed E-state index contributed by atoms with van der Waals surface area (Å²) in [6, 6.07) is 11.2. The molecule has 0 saturated carbocycles. The first kappa shape index (κ1) is 47.8. The molecule has 0 aliphatic rings. The standard InChI is InChI=1S/2C17H27NO4.C4H4O4/c2*1-5-21-10-14-8-16(6-7-17(14)13(4)19)22-11-15(20)9-18-12(2)3;5-3(6)1-2-4(7)8/h2*6-8,12,15,18,20H,5,9-11H2,1-4H3;1-2H,(H,5,6)(H,7,8)/b;;2-1+. The minimum Gasteiger partial charge on any atom is -0.491 e. The molecule has 0 radical (unpaired) electrons. The Labute approximate surface area is 307 Å². The van der Waals surface area contributed by atoms with Crippen LogP contribution >= 0.6 is 0 Å². The molecule has 0 heterocycles. The van der Waals surface area contributed by atoms with Crippen molar-refractivity contribution in [1.29, 1.82) is 0 Å². The third-order valence-electron chi connectivity index (χ3n) is 6.61. The number of benzene rings is 2. The molecule has 0 saturated heterocycles. The lowest BCUT2D eigenvalue weighted by atomic mass is 10.0. The summed E-state index contributed by atoms with van der Waals surface area (Å²) in [6.07, 6.45) is -0.0412. The van der Waals surface area contributed by atoms with E-state index in [0.29, 0.717) is 86.4 Å². The summed E-state index contributed by atoms with van der Waals surface area (Å²) < 4.78 is 22.0. The minimum absolute atomic E-state index is 0.00224. The average Bonchev–Trinajstić information content (AvgIpc) is 3.08. The molecule has 292 valence electrons. The molecule has 0 bridgehead atoms. The number of carbonyl (C=O) groups is 4. The first-order valence-electron chi connectivity index (χ1n) is 17.2. The molecule has 0 spiro atoms. The van der Waals surface area contributed by atoms with Crippen molar-refractivity contribution in [3.05, 3.63) is 70.8 Å². The highest BCUT2D eigenvalue weighted by Gasteiger charge is 2.12. The van der Waals surface area contributed by atoms with Gasteiger partial charge in [-0.15, -0.1) is 0 Å². The number of ketones is 2. The van der Waals surface area contributed by atoms with Crippen molar-refractivity contribution in [3.63, 3.8) is 0 Å². The van der Waals surface area contributed by atoms with E-state index >= 15 is 0 Å². The van der Waals surface area contributed by atoms with E-state index in [1.54, 1.807) is 36.4 Å². The first-order chi connectivity index (χ1) is 24.5. The SMILES string of the molecule is CCOCc1cc(OCC(O)CNC(C)C)ccc1C(C)=O.CCOCc1cc(OCC(O)CNC(C)C)ccc1C(C)=O.O=C(O)/C=C/C(=O)O. The lowest BCUT2D eigenvalue weighted by Crippen LogP contribution is -2.35. The van der Waals surface area contributed by atoms with Crippen LogP contribution in [0.2, 0.25) is 0 Å². The highest BCUT2D eigenvalue weighted by atomic mass is 16.5. The van der Waals surface area contributed by atoms with E-state index < -0.39 is 24.1 Å². The fourth-order valence-electron chi connectivity index (χ4n) is 4.06. The molecular formula is C38H58N2O12. The van der Waals surface area contributed by atoms with Crippen molar-refractivity contribution in [2.45, 2.75) is 92.9 Å². The van der Waals surface area contributed by atoms with Gasteiger partial charge < -0.3 is 50.0 Å². The average molecular weight is 735 g/mol. The Morgan fingerprint density at radius 2 is 1.00 bits per heavy atom. The van der Waals surface area contributed by atoms with Crippen molar-refractivity contribution in [1.82, 2.24) is 10.6 Å². The summed E-state index contributed by atoms with van der Waals surface area (Å²) in [7, 11) is 0. The predicted octanol–water partition coefficient (Wildman–Crippen LogP) is 4.04. The van der Waals surface area contributed by atoms with E-state index in [9.17, 15) is 29.4 Å². The lowest BCUT2D eigenvalue weighted by Gasteiger charge is -2.16. The van der Waals surface area contributed by atoms with Gasteiger partial charge in [-0.25, -0.2) is 9.59 Å². The van der Waals surface area contributed by atoms with Crippen LogP contribution in [0.15, 0.2) is 48.6 Å². The minimum atomic E-state index is -1.26. The van der Waals surface area contributed by atoms with Gasteiger partial charge in [0, 0.05) is 61.7 Å². The number of hydrogen-bond acceptors (Lipinski definition) is 12. The Kier molecular flexibility index (Phi) is 25.3. The number of aliphatic hydroxyl groups excluding tert-OH is 2. The van der Waals surface area contributed by atoms with E-state index in [-0.39, 0.29) is 24.8 Å². The summed E-state index contributed by atoms with van der Waals surface area (Å²) in [4.78, 5) is 42.3. The van der Waals surface area contributed by atoms with Crippen LogP contribution in [-0.2, 0) is 32.3 Å². The fourth-order valence-corrected chi connectivity index (χ4v) is 4.06. The highest BCUT2D eigenvalue weighted by Crippen LogP contribution is 2.21. The van der Waals surface area contributed by atoms with Gasteiger partial charge in [-0.2, -0.15) is 0 Å². The fraction of sp³-hybridized carbons (Fsp3) is 0.526. The van der Waals surface area contributed by atoms with Crippen LogP contribution in [0.3, 0.4) is 0 Å². The van der Waals surface area contributed by atoms with Crippen LogP contribution in [-0.4, -0.2) is 108 Å². The molecule has 0 fully saturated rings. The number of ether oxygens (including phenoxy) is 4. The summed E-state index contributed by atoms with van der Waals surface area (Å²) >= 11 is 0. The first-order valence-corrected chi connectivity index (χ1v) is 17.2. The van der Waals surface area contributed by atoms with Crippen LogP contribution in [0, 0.1) is 0 Å². The molecule has 2 atom stereocenters. The molecule has 52 heavy (non-hydrogen) atoms. The zero-order valence-corrected chi connectivity index (χ0v) is 31.6. The maximum absolute atomic E-state index is 11.6. The van der Waals surface area contributed by atoms with Crippen LogP contribution in [0.5, 0.6) is 11.5 Å². The zero-order valence-electron chi connectivity index (χ0n) is 31.6. The van der Waals surface area contributed by atoms with E-state index in [4.69, 9.17) is 29.2 Å². The number of carboxylic acid groups (broad SMARTS) is 2. The molecule has 6 N–H and O–H groups in total. The van der Waals surface area contributed by atoms with Crippen LogP contribution in [0.4, 0.5) is 0 Å². The maximum atomic E-state index is 11.6. The largest absolute Gasteiger partial charge is 0.491 e.